The molecule has 1 aromatic heterocycles. The Hall–Kier alpha value is -2.09. The average Bonchev–Trinajstić information content (AvgIpc) is 2.74. The Morgan fingerprint density at radius 2 is 1.69 bits per heavy atom. The molecule has 0 aliphatic rings. The molecule has 0 unspecified atom stereocenters. The zero-order valence-electron chi connectivity index (χ0n) is 9.09. The molecule has 0 saturated carbocycles. The molecule has 0 aliphatic carbocycles. The molecular formula is C14H12N2. The lowest BCUT2D eigenvalue weighted by molar-refractivity contribution is 1.09. The van der Waals surface area contributed by atoms with Crippen LogP contribution in [0.3, 0.4) is 0 Å². The first-order chi connectivity index (χ1) is 7.84. The van der Waals surface area contributed by atoms with Crippen molar-refractivity contribution in [1.29, 1.82) is 0 Å². The largest absolute Gasteiger partial charge is 0.299 e. The van der Waals surface area contributed by atoms with Gasteiger partial charge in [-0.05, 0) is 31.2 Å². The quantitative estimate of drug-likeness (QED) is 0.599. The van der Waals surface area contributed by atoms with Crippen molar-refractivity contribution in [2.75, 3.05) is 0 Å². The van der Waals surface area contributed by atoms with Crippen molar-refractivity contribution in [3.63, 3.8) is 0 Å². The summed E-state index contributed by atoms with van der Waals surface area (Å²) in [4.78, 5) is 4.38. The van der Waals surface area contributed by atoms with Crippen LogP contribution in [-0.4, -0.2) is 9.55 Å². The predicted octanol–water partition coefficient (Wildman–Crippen LogP) is 3.33. The molecule has 2 aromatic carbocycles. The van der Waals surface area contributed by atoms with Crippen LogP contribution in [0.1, 0.15) is 5.56 Å². The van der Waals surface area contributed by atoms with E-state index in [1.54, 1.807) is 0 Å². The summed E-state index contributed by atoms with van der Waals surface area (Å²) in [7, 11) is 0. The van der Waals surface area contributed by atoms with Gasteiger partial charge in [0.25, 0.3) is 0 Å². The number of imidazole rings is 1. The first-order valence-corrected chi connectivity index (χ1v) is 5.34. The molecule has 0 fully saturated rings. The van der Waals surface area contributed by atoms with E-state index in [0.717, 1.165) is 16.7 Å². The van der Waals surface area contributed by atoms with Crippen LogP contribution in [0.5, 0.6) is 0 Å². The summed E-state index contributed by atoms with van der Waals surface area (Å²) in [5, 5.41) is 0. The summed E-state index contributed by atoms with van der Waals surface area (Å²) in [6.45, 7) is 2.09. The van der Waals surface area contributed by atoms with Gasteiger partial charge >= 0.3 is 0 Å². The van der Waals surface area contributed by atoms with Gasteiger partial charge in [-0.25, -0.2) is 4.98 Å². The Bertz CT molecular complexity index is 621. The summed E-state index contributed by atoms with van der Waals surface area (Å²) >= 11 is 0. The van der Waals surface area contributed by atoms with E-state index in [2.05, 4.69) is 46.8 Å². The van der Waals surface area contributed by atoms with E-state index in [4.69, 9.17) is 0 Å². The topological polar surface area (TPSA) is 17.8 Å². The molecule has 2 nitrogen and oxygen atoms in total. The van der Waals surface area contributed by atoms with Crippen molar-refractivity contribution in [1.82, 2.24) is 9.55 Å². The van der Waals surface area contributed by atoms with Crippen molar-refractivity contribution >= 4 is 11.0 Å². The standard InChI is InChI=1S/C14H12N2/c1-11-6-8-12(9-7-11)16-10-15-13-4-2-3-5-14(13)16/h2-10H,1H3. The number of rotatable bonds is 1. The lowest BCUT2D eigenvalue weighted by atomic mass is 10.2. The third kappa shape index (κ3) is 1.39. The summed E-state index contributed by atoms with van der Waals surface area (Å²) in [6.07, 6.45) is 1.87. The van der Waals surface area contributed by atoms with Crippen molar-refractivity contribution < 1.29 is 0 Å². The number of aromatic nitrogens is 2. The third-order valence-electron chi connectivity index (χ3n) is 2.77. The van der Waals surface area contributed by atoms with Crippen LogP contribution in [0.2, 0.25) is 0 Å². The van der Waals surface area contributed by atoms with Gasteiger partial charge in [-0.15, -0.1) is 0 Å². The maximum atomic E-state index is 4.38. The highest BCUT2D eigenvalue weighted by molar-refractivity contribution is 5.77. The summed E-state index contributed by atoms with van der Waals surface area (Å²) in [6, 6.07) is 16.6. The highest BCUT2D eigenvalue weighted by atomic mass is 15.0. The number of aryl methyl sites for hydroxylation is 1. The molecule has 0 N–H and O–H groups in total. The van der Waals surface area contributed by atoms with Crippen molar-refractivity contribution in [3.8, 4) is 5.69 Å². The number of hydrogen-bond donors (Lipinski definition) is 0. The van der Waals surface area contributed by atoms with Gasteiger partial charge in [-0.1, -0.05) is 29.8 Å². The Morgan fingerprint density at radius 3 is 2.50 bits per heavy atom. The van der Waals surface area contributed by atoms with E-state index in [-0.39, 0.29) is 0 Å². The summed E-state index contributed by atoms with van der Waals surface area (Å²) < 4.78 is 2.11. The van der Waals surface area contributed by atoms with Crippen molar-refractivity contribution in [2.24, 2.45) is 0 Å². The molecule has 3 rings (SSSR count). The Kier molecular flexibility index (Phi) is 2.00. The Morgan fingerprint density at radius 1 is 0.938 bits per heavy atom. The summed E-state index contributed by atoms with van der Waals surface area (Å²) in [5.41, 5.74) is 4.60. The van der Waals surface area contributed by atoms with Gasteiger partial charge in [-0.2, -0.15) is 0 Å². The molecule has 3 aromatic rings. The fourth-order valence-corrected chi connectivity index (χ4v) is 1.87. The molecule has 1 heterocycles. The molecular weight excluding hydrogens is 196 g/mol. The highest BCUT2D eigenvalue weighted by Crippen LogP contribution is 2.17. The van der Waals surface area contributed by atoms with Gasteiger partial charge in [0, 0.05) is 5.69 Å². The van der Waals surface area contributed by atoms with Gasteiger partial charge < -0.3 is 0 Å². The first-order valence-electron chi connectivity index (χ1n) is 5.34. The van der Waals surface area contributed by atoms with E-state index in [1.807, 2.05) is 24.5 Å². The van der Waals surface area contributed by atoms with Crippen molar-refractivity contribution in [2.45, 2.75) is 6.92 Å². The van der Waals surface area contributed by atoms with Gasteiger partial charge in [0.05, 0.1) is 11.0 Å². The number of benzene rings is 2. The predicted molar refractivity (Wildman–Crippen MR) is 65.8 cm³/mol. The fraction of sp³-hybridized carbons (Fsp3) is 0.0714. The molecule has 0 saturated heterocycles. The number of hydrogen-bond acceptors (Lipinski definition) is 1. The molecule has 78 valence electrons. The second-order valence-electron chi connectivity index (χ2n) is 3.94. The van der Waals surface area contributed by atoms with Crippen LogP contribution in [0.25, 0.3) is 16.7 Å². The molecule has 0 bridgehead atoms. The molecule has 0 radical (unpaired) electrons. The Balaban J connectivity index is 2.22. The second kappa shape index (κ2) is 3.49. The smallest absolute Gasteiger partial charge is 0.100 e. The van der Waals surface area contributed by atoms with Crippen LogP contribution in [0.15, 0.2) is 54.9 Å². The number of nitrogens with zero attached hydrogens (tertiary/aromatic N) is 2. The van der Waals surface area contributed by atoms with E-state index in [1.165, 1.54) is 5.56 Å². The van der Waals surface area contributed by atoms with Crippen LogP contribution in [0.4, 0.5) is 0 Å². The van der Waals surface area contributed by atoms with Crippen LogP contribution < -0.4 is 0 Å². The van der Waals surface area contributed by atoms with E-state index >= 15 is 0 Å². The van der Waals surface area contributed by atoms with Gasteiger partial charge in [0.1, 0.15) is 6.33 Å². The molecule has 0 spiro atoms. The van der Waals surface area contributed by atoms with E-state index in [0.29, 0.717) is 0 Å². The highest BCUT2D eigenvalue weighted by Gasteiger charge is 2.02. The van der Waals surface area contributed by atoms with Gasteiger partial charge in [0.15, 0.2) is 0 Å². The van der Waals surface area contributed by atoms with Crippen LogP contribution >= 0.6 is 0 Å². The minimum atomic E-state index is 1.03. The fourth-order valence-electron chi connectivity index (χ4n) is 1.87. The maximum Gasteiger partial charge on any atom is 0.100 e. The summed E-state index contributed by atoms with van der Waals surface area (Å²) in [5.74, 6) is 0. The average molecular weight is 208 g/mol. The molecule has 2 heteroatoms. The lowest BCUT2D eigenvalue weighted by Crippen LogP contribution is -1.91. The maximum absolute atomic E-state index is 4.38. The monoisotopic (exact) mass is 208 g/mol. The third-order valence-corrected chi connectivity index (χ3v) is 2.77. The first kappa shape index (κ1) is 9.16. The number of fused-ring (bicyclic) bond motifs is 1. The molecule has 0 aliphatic heterocycles. The molecule has 0 amide bonds. The zero-order chi connectivity index (χ0) is 11.0. The second-order valence-corrected chi connectivity index (χ2v) is 3.94. The Labute approximate surface area is 94.2 Å². The number of para-hydroxylation sites is 2. The SMILES string of the molecule is Cc1ccc(-n2cnc3ccccc32)cc1. The van der Waals surface area contributed by atoms with Gasteiger partial charge in [-0.3, -0.25) is 4.57 Å². The zero-order valence-corrected chi connectivity index (χ0v) is 9.09. The minimum absolute atomic E-state index is 1.03. The van der Waals surface area contributed by atoms with Crippen molar-refractivity contribution in [3.05, 3.63) is 60.4 Å². The van der Waals surface area contributed by atoms with Crippen LogP contribution in [-0.2, 0) is 0 Å². The molecule has 16 heavy (non-hydrogen) atoms. The van der Waals surface area contributed by atoms with Crippen LogP contribution in [0, 0.1) is 6.92 Å². The molecule has 0 atom stereocenters. The van der Waals surface area contributed by atoms with E-state index in [9.17, 15) is 0 Å². The van der Waals surface area contributed by atoms with E-state index < -0.39 is 0 Å². The minimum Gasteiger partial charge on any atom is -0.299 e. The van der Waals surface area contributed by atoms with Gasteiger partial charge in [0.2, 0.25) is 0 Å². The lowest BCUT2D eigenvalue weighted by Gasteiger charge is -2.04. The normalized spacial score (nSPS) is 10.8.